The van der Waals surface area contributed by atoms with E-state index < -0.39 is 0 Å². The van der Waals surface area contributed by atoms with Gasteiger partial charge in [0.05, 0.1) is 12.6 Å². The van der Waals surface area contributed by atoms with Crippen LogP contribution in [0.5, 0.6) is 0 Å². The van der Waals surface area contributed by atoms with Gasteiger partial charge in [0, 0.05) is 11.9 Å². The highest BCUT2D eigenvalue weighted by Gasteiger charge is 2.10. The number of likely N-dealkylation sites (N-methyl/N-ethyl adjacent to an activating group) is 1. The highest BCUT2D eigenvalue weighted by atomic mass is 16.3. The summed E-state index contributed by atoms with van der Waals surface area (Å²) in [6.45, 7) is 5.02. The lowest BCUT2D eigenvalue weighted by atomic mass is 10.2. The second-order valence-corrected chi connectivity index (χ2v) is 4.97. The number of allylic oxidation sites excluding steroid dienone is 1. The summed E-state index contributed by atoms with van der Waals surface area (Å²) < 4.78 is 5.76. The molecule has 1 aromatic carbocycles. The predicted molar refractivity (Wildman–Crippen MR) is 78.0 cm³/mol. The van der Waals surface area contributed by atoms with Crippen molar-refractivity contribution in [3.8, 4) is 0 Å². The van der Waals surface area contributed by atoms with Gasteiger partial charge in [0.2, 0.25) is 0 Å². The Balaban J connectivity index is 1.91. The Morgan fingerprint density at radius 2 is 2.21 bits per heavy atom. The van der Waals surface area contributed by atoms with Crippen molar-refractivity contribution in [2.75, 3.05) is 13.6 Å². The molecule has 2 aromatic rings. The first kappa shape index (κ1) is 13.8. The summed E-state index contributed by atoms with van der Waals surface area (Å²) in [6.07, 6.45) is 3.13. The van der Waals surface area contributed by atoms with Crippen LogP contribution in [0.1, 0.15) is 18.6 Å². The molecule has 3 heteroatoms. The second-order valence-electron chi connectivity index (χ2n) is 4.97. The van der Waals surface area contributed by atoms with Crippen LogP contribution in [0.25, 0.3) is 11.0 Å². The quantitative estimate of drug-likeness (QED) is 0.776. The normalized spacial score (nSPS) is 13.0. The number of rotatable bonds is 7. The molecule has 3 nitrogen and oxygen atoms in total. The van der Waals surface area contributed by atoms with Crippen LogP contribution in [-0.4, -0.2) is 29.7 Å². The van der Waals surface area contributed by atoms with Crippen molar-refractivity contribution in [2.24, 2.45) is 0 Å². The minimum atomic E-state index is -0.313. The van der Waals surface area contributed by atoms with E-state index in [1.165, 1.54) is 0 Å². The molecule has 1 aromatic heterocycles. The molecule has 0 spiro atoms. The van der Waals surface area contributed by atoms with Gasteiger partial charge < -0.3 is 9.52 Å². The molecule has 1 heterocycles. The number of hydrogen-bond donors (Lipinski definition) is 1. The maximum atomic E-state index is 9.85. The summed E-state index contributed by atoms with van der Waals surface area (Å²) in [4.78, 5) is 2.07. The monoisotopic (exact) mass is 259 g/mol. The van der Waals surface area contributed by atoms with Gasteiger partial charge in [0.25, 0.3) is 0 Å². The van der Waals surface area contributed by atoms with Gasteiger partial charge in [0.1, 0.15) is 11.3 Å². The fourth-order valence-electron chi connectivity index (χ4n) is 2.21. The van der Waals surface area contributed by atoms with Gasteiger partial charge in [-0.15, -0.1) is 6.58 Å². The molecular formula is C16H21NO2. The molecule has 1 atom stereocenters. The Labute approximate surface area is 114 Å². The molecule has 1 N–H and O–H groups in total. The third kappa shape index (κ3) is 3.94. The molecule has 0 aliphatic heterocycles. The fraction of sp³-hybridized carbons (Fsp3) is 0.375. The summed E-state index contributed by atoms with van der Waals surface area (Å²) in [5, 5.41) is 11.0. The van der Waals surface area contributed by atoms with E-state index in [9.17, 15) is 5.11 Å². The molecule has 1 unspecified atom stereocenters. The Morgan fingerprint density at radius 1 is 1.42 bits per heavy atom. The lowest BCUT2D eigenvalue weighted by Gasteiger charge is -2.18. The number of para-hydroxylation sites is 1. The number of aliphatic hydroxyl groups is 1. The number of aliphatic hydroxyl groups excluding tert-OH is 1. The molecular weight excluding hydrogens is 238 g/mol. The Kier molecular flexibility index (Phi) is 4.77. The standard InChI is InChI=1S/C16H21NO2/c1-3-4-8-14(18)11-17(2)12-15-10-13-7-5-6-9-16(13)19-15/h3,5-7,9-10,14,18H,1,4,8,11-12H2,2H3. The lowest BCUT2D eigenvalue weighted by Crippen LogP contribution is -2.28. The van der Waals surface area contributed by atoms with Gasteiger partial charge in [-0.2, -0.15) is 0 Å². The maximum absolute atomic E-state index is 9.85. The van der Waals surface area contributed by atoms with Crippen LogP contribution in [0.2, 0.25) is 0 Å². The number of furan rings is 1. The molecule has 0 saturated carbocycles. The van der Waals surface area contributed by atoms with E-state index in [0.29, 0.717) is 13.1 Å². The van der Waals surface area contributed by atoms with Crippen molar-refractivity contribution in [3.63, 3.8) is 0 Å². The molecule has 0 radical (unpaired) electrons. The summed E-state index contributed by atoms with van der Waals surface area (Å²) in [5.74, 6) is 0.930. The van der Waals surface area contributed by atoms with Gasteiger partial charge in [-0.25, -0.2) is 0 Å². The van der Waals surface area contributed by atoms with Crippen LogP contribution in [-0.2, 0) is 6.54 Å². The van der Waals surface area contributed by atoms with Crippen molar-refractivity contribution in [3.05, 3.63) is 48.7 Å². The van der Waals surface area contributed by atoms with E-state index >= 15 is 0 Å². The van der Waals surface area contributed by atoms with Crippen LogP contribution >= 0.6 is 0 Å². The molecule has 19 heavy (non-hydrogen) atoms. The van der Waals surface area contributed by atoms with Crippen molar-refractivity contribution in [1.82, 2.24) is 4.90 Å². The fourth-order valence-corrected chi connectivity index (χ4v) is 2.21. The molecule has 0 bridgehead atoms. The molecule has 102 valence electrons. The molecule has 0 aliphatic rings. The summed E-state index contributed by atoms with van der Waals surface area (Å²) in [5.41, 5.74) is 0.915. The average molecular weight is 259 g/mol. The van der Waals surface area contributed by atoms with Crippen molar-refractivity contribution < 1.29 is 9.52 Å². The SMILES string of the molecule is C=CCCC(O)CN(C)Cc1cc2ccccc2o1. The number of hydrogen-bond acceptors (Lipinski definition) is 3. The van der Waals surface area contributed by atoms with E-state index in [0.717, 1.165) is 29.6 Å². The first-order valence-corrected chi connectivity index (χ1v) is 6.64. The maximum Gasteiger partial charge on any atom is 0.134 e. The van der Waals surface area contributed by atoms with Crippen LogP contribution in [0.3, 0.4) is 0 Å². The zero-order valence-electron chi connectivity index (χ0n) is 11.4. The van der Waals surface area contributed by atoms with Crippen LogP contribution in [0.4, 0.5) is 0 Å². The Hall–Kier alpha value is -1.58. The molecule has 0 aliphatic carbocycles. The Morgan fingerprint density at radius 3 is 2.95 bits per heavy atom. The van der Waals surface area contributed by atoms with Crippen LogP contribution in [0.15, 0.2) is 47.4 Å². The van der Waals surface area contributed by atoms with E-state index in [-0.39, 0.29) is 6.10 Å². The van der Waals surface area contributed by atoms with E-state index in [2.05, 4.69) is 17.5 Å². The van der Waals surface area contributed by atoms with E-state index in [1.807, 2.05) is 37.4 Å². The topological polar surface area (TPSA) is 36.6 Å². The van der Waals surface area contributed by atoms with E-state index in [4.69, 9.17) is 4.42 Å². The molecule has 0 amide bonds. The van der Waals surface area contributed by atoms with Gasteiger partial charge in [0.15, 0.2) is 0 Å². The first-order valence-electron chi connectivity index (χ1n) is 6.64. The highest BCUT2D eigenvalue weighted by Crippen LogP contribution is 2.19. The summed E-state index contributed by atoms with van der Waals surface area (Å²) >= 11 is 0. The summed E-state index contributed by atoms with van der Waals surface area (Å²) in [7, 11) is 1.99. The lowest BCUT2D eigenvalue weighted by molar-refractivity contribution is 0.113. The van der Waals surface area contributed by atoms with Crippen molar-refractivity contribution in [2.45, 2.75) is 25.5 Å². The zero-order chi connectivity index (χ0) is 13.7. The smallest absolute Gasteiger partial charge is 0.134 e. The van der Waals surface area contributed by atoms with Crippen molar-refractivity contribution in [1.29, 1.82) is 0 Å². The minimum Gasteiger partial charge on any atom is -0.460 e. The third-order valence-electron chi connectivity index (χ3n) is 3.13. The predicted octanol–water partition coefficient (Wildman–Crippen LogP) is 3.19. The number of benzene rings is 1. The van der Waals surface area contributed by atoms with Gasteiger partial charge in [-0.05, 0) is 32.0 Å². The van der Waals surface area contributed by atoms with Gasteiger partial charge in [-0.3, -0.25) is 4.90 Å². The van der Waals surface area contributed by atoms with Gasteiger partial charge in [-0.1, -0.05) is 24.3 Å². The second kappa shape index (κ2) is 6.55. The molecule has 0 saturated heterocycles. The number of fused-ring (bicyclic) bond motifs is 1. The first-order chi connectivity index (χ1) is 9.19. The average Bonchev–Trinajstić information content (AvgIpc) is 2.78. The van der Waals surface area contributed by atoms with Gasteiger partial charge >= 0.3 is 0 Å². The third-order valence-corrected chi connectivity index (χ3v) is 3.13. The van der Waals surface area contributed by atoms with Crippen LogP contribution < -0.4 is 0 Å². The zero-order valence-corrected chi connectivity index (χ0v) is 11.4. The van der Waals surface area contributed by atoms with Crippen LogP contribution in [0, 0.1) is 0 Å². The van der Waals surface area contributed by atoms with E-state index in [1.54, 1.807) is 0 Å². The summed E-state index contributed by atoms with van der Waals surface area (Å²) in [6, 6.07) is 10.0. The van der Waals surface area contributed by atoms with Crippen molar-refractivity contribution >= 4 is 11.0 Å². The largest absolute Gasteiger partial charge is 0.460 e. The molecule has 2 rings (SSSR count). The molecule has 0 fully saturated rings. The number of nitrogens with zero attached hydrogens (tertiary/aromatic N) is 1. The Bertz CT molecular complexity index is 499. The highest BCUT2D eigenvalue weighted by molar-refractivity contribution is 5.77. The minimum absolute atomic E-state index is 0.313.